The highest BCUT2D eigenvalue weighted by molar-refractivity contribution is 5.76. The first-order valence-electron chi connectivity index (χ1n) is 10.2. The molecule has 0 radical (unpaired) electrons. The van der Waals surface area contributed by atoms with Crippen LogP contribution in [0.5, 0.6) is 0 Å². The summed E-state index contributed by atoms with van der Waals surface area (Å²) < 4.78 is 0. The van der Waals surface area contributed by atoms with Gasteiger partial charge in [-0.3, -0.25) is 4.79 Å². The van der Waals surface area contributed by atoms with Crippen LogP contribution in [0.4, 0.5) is 0 Å². The zero-order chi connectivity index (χ0) is 17.5. The Morgan fingerprint density at radius 2 is 1.00 bits per heavy atom. The SMILES string of the molecule is CC(C)CCCCCCCCCCCCCC(C(N)=O)C(C)C. The average Bonchev–Trinajstić information content (AvgIpc) is 2.46. The van der Waals surface area contributed by atoms with Gasteiger partial charge in [0.25, 0.3) is 0 Å². The van der Waals surface area contributed by atoms with Gasteiger partial charge in [0, 0.05) is 5.92 Å². The summed E-state index contributed by atoms with van der Waals surface area (Å²) in [5.74, 6) is 1.21. The Bertz CT molecular complexity index is 273. The van der Waals surface area contributed by atoms with Crippen LogP contribution in [0, 0.1) is 17.8 Å². The lowest BCUT2D eigenvalue weighted by Crippen LogP contribution is -2.27. The van der Waals surface area contributed by atoms with E-state index in [0.29, 0.717) is 5.92 Å². The molecular formula is C21H43NO. The molecule has 0 aliphatic carbocycles. The van der Waals surface area contributed by atoms with E-state index in [1.165, 1.54) is 70.6 Å². The summed E-state index contributed by atoms with van der Waals surface area (Å²) >= 11 is 0. The van der Waals surface area contributed by atoms with Crippen molar-refractivity contribution in [1.29, 1.82) is 0 Å². The number of unbranched alkanes of at least 4 members (excludes halogenated alkanes) is 10. The van der Waals surface area contributed by atoms with Crippen LogP contribution >= 0.6 is 0 Å². The Balaban J connectivity index is 3.26. The van der Waals surface area contributed by atoms with Crippen molar-refractivity contribution in [3.8, 4) is 0 Å². The predicted octanol–water partition coefficient (Wildman–Crippen LogP) is 6.47. The summed E-state index contributed by atoms with van der Waals surface area (Å²) in [7, 11) is 0. The first-order chi connectivity index (χ1) is 10.9. The maximum absolute atomic E-state index is 11.3. The van der Waals surface area contributed by atoms with Crippen LogP contribution < -0.4 is 5.73 Å². The largest absolute Gasteiger partial charge is 0.369 e. The van der Waals surface area contributed by atoms with E-state index in [1.54, 1.807) is 0 Å². The second-order valence-electron chi connectivity index (χ2n) is 8.11. The van der Waals surface area contributed by atoms with Gasteiger partial charge < -0.3 is 5.73 Å². The van der Waals surface area contributed by atoms with Crippen LogP contribution in [-0.2, 0) is 4.79 Å². The molecule has 0 rings (SSSR count). The van der Waals surface area contributed by atoms with E-state index in [4.69, 9.17) is 5.73 Å². The Morgan fingerprint density at radius 3 is 1.30 bits per heavy atom. The third-order valence-electron chi connectivity index (χ3n) is 4.97. The molecule has 1 atom stereocenters. The number of primary amides is 1. The molecule has 0 aromatic rings. The topological polar surface area (TPSA) is 43.1 Å². The molecule has 138 valence electrons. The van der Waals surface area contributed by atoms with Crippen molar-refractivity contribution < 1.29 is 4.79 Å². The lowest BCUT2D eigenvalue weighted by molar-refractivity contribution is -0.123. The molecule has 0 heterocycles. The maximum atomic E-state index is 11.3. The fourth-order valence-corrected chi connectivity index (χ4v) is 3.31. The van der Waals surface area contributed by atoms with E-state index in [2.05, 4.69) is 27.7 Å². The quantitative estimate of drug-likeness (QED) is 0.325. The minimum atomic E-state index is -0.117. The standard InChI is InChI=1S/C21H43NO/c1-18(2)16-14-12-10-8-6-5-7-9-11-13-15-17-20(19(3)4)21(22)23/h18-20H,5-17H2,1-4H3,(H2,22,23). The molecule has 2 N–H and O–H groups in total. The van der Waals surface area contributed by atoms with E-state index < -0.39 is 0 Å². The highest BCUT2D eigenvalue weighted by Gasteiger charge is 2.18. The van der Waals surface area contributed by atoms with Crippen LogP contribution in [0.3, 0.4) is 0 Å². The second kappa shape index (κ2) is 15.0. The fraction of sp³-hybridized carbons (Fsp3) is 0.952. The molecule has 2 heteroatoms. The maximum Gasteiger partial charge on any atom is 0.220 e. The number of carbonyl (C=O) groups excluding carboxylic acids is 1. The lowest BCUT2D eigenvalue weighted by Gasteiger charge is -2.16. The van der Waals surface area contributed by atoms with Crippen LogP contribution in [0.25, 0.3) is 0 Å². The van der Waals surface area contributed by atoms with Gasteiger partial charge in [-0.2, -0.15) is 0 Å². The number of hydrogen-bond donors (Lipinski definition) is 1. The summed E-state index contributed by atoms with van der Waals surface area (Å²) in [6.45, 7) is 8.82. The number of hydrogen-bond acceptors (Lipinski definition) is 1. The third-order valence-corrected chi connectivity index (χ3v) is 4.97. The van der Waals surface area contributed by atoms with Crippen molar-refractivity contribution in [3.63, 3.8) is 0 Å². The monoisotopic (exact) mass is 325 g/mol. The first kappa shape index (κ1) is 22.5. The minimum absolute atomic E-state index is 0.0747. The van der Waals surface area contributed by atoms with Crippen LogP contribution in [-0.4, -0.2) is 5.91 Å². The zero-order valence-electron chi connectivity index (χ0n) is 16.4. The van der Waals surface area contributed by atoms with Crippen molar-refractivity contribution in [2.24, 2.45) is 23.5 Å². The summed E-state index contributed by atoms with van der Waals surface area (Å²) in [6.07, 6.45) is 17.4. The molecule has 0 saturated carbocycles. The molecule has 1 unspecified atom stereocenters. The molecule has 0 aliphatic rings. The zero-order valence-corrected chi connectivity index (χ0v) is 16.4. The average molecular weight is 326 g/mol. The van der Waals surface area contributed by atoms with E-state index in [1.807, 2.05) is 0 Å². The van der Waals surface area contributed by atoms with Gasteiger partial charge >= 0.3 is 0 Å². The molecule has 0 aromatic heterocycles. The van der Waals surface area contributed by atoms with E-state index in [-0.39, 0.29) is 11.8 Å². The van der Waals surface area contributed by atoms with Gasteiger partial charge in [-0.15, -0.1) is 0 Å². The fourth-order valence-electron chi connectivity index (χ4n) is 3.31. The molecule has 0 aromatic carbocycles. The number of nitrogens with two attached hydrogens (primary N) is 1. The van der Waals surface area contributed by atoms with Crippen molar-refractivity contribution in [2.75, 3.05) is 0 Å². The summed E-state index contributed by atoms with van der Waals surface area (Å²) in [6, 6.07) is 0. The summed E-state index contributed by atoms with van der Waals surface area (Å²) in [4.78, 5) is 11.3. The van der Waals surface area contributed by atoms with Crippen LogP contribution in [0.2, 0.25) is 0 Å². The van der Waals surface area contributed by atoms with E-state index >= 15 is 0 Å². The van der Waals surface area contributed by atoms with Gasteiger partial charge in [0.2, 0.25) is 5.91 Å². The molecule has 0 aliphatic heterocycles. The Morgan fingerprint density at radius 1 is 0.652 bits per heavy atom. The van der Waals surface area contributed by atoms with Gasteiger partial charge in [0.15, 0.2) is 0 Å². The normalized spacial score (nSPS) is 13.0. The molecule has 0 spiro atoms. The Hall–Kier alpha value is -0.530. The number of amides is 1. The highest BCUT2D eigenvalue weighted by atomic mass is 16.1. The van der Waals surface area contributed by atoms with Crippen molar-refractivity contribution in [2.45, 2.75) is 111 Å². The van der Waals surface area contributed by atoms with Gasteiger partial charge in [-0.25, -0.2) is 0 Å². The van der Waals surface area contributed by atoms with Crippen molar-refractivity contribution >= 4 is 5.91 Å². The number of carbonyl (C=O) groups is 1. The molecular weight excluding hydrogens is 282 g/mol. The summed E-state index contributed by atoms with van der Waals surface area (Å²) in [5, 5.41) is 0. The highest BCUT2D eigenvalue weighted by Crippen LogP contribution is 2.19. The molecule has 0 saturated heterocycles. The van der Waals surface area contributed by atoms with Crippen molar-refractivity contribution in [3.05, 3.63) is 0 Å². The summed E-state index contributed by atoms with van der Waals surface area (Å²) in [5.41, 5.74) is 5.45. The second-order valence-corrected chi connectivity index (χ2v) is 8.11. The number of rotatable bonds is 16. The van der Waals surface area contributed by atoms with Gasteiger partial charge in [0.1, 0.15) is 0 Å². The molecule has 2 nitrogen and oxygen atoms in total. The molecule has 0 fully saturated rings. The van der Waals surface area contributed by atoms with Gasteiger partial charge in [-0.1, -0.05) is 105 Å². The Labute approximate surface area is 146 Å². The minimum Gasteiger partial charge on any atom is -0.369 e. The molecule has 23 heavy (non-hydrogen) atoms. The molecule has 1 amide bonds. The predicted molar refractivity (Wildman–Crippen MR) is 102 cm³/mol. The van der Waals surface area contributed by atoms with Crippen LogP contribution in [0.1, 0.15) is 111 Å². The van der Waals surface area contributed by atoms with Gasteiger partial charge in [0.05, 0.1) is 0 Å². The third kappa shape index (κ3) is 14.8. The van der Waals surface area contributed by atoms with Crippen LogP contribution in [0.15, 0.2) is 0 Å². The van der Waals surface area contributed by atoms with E-state index in [9.17, 15) is 4.79 Å². The first-order valence-corrected chi connectivity index (χ1v) is 10.2. The lowest BCUT2D eigenvalue weighted by atomic mass is 9.89. The van der Waals surface area contributed by atoms with Gasteiger partial charge in [-0.05, 0) is 18.3 Å². The van der Waals surface area contributed by atoms with E-state index in [0.717, 1.165) is 18.8 Å². The van der Waals surface area contributed by atoms with Crippen molar-refractivity contribution in [1.82, 2.24) is 0 Å². The Kier molecular flexibility index (Phi) is 14.7. The smallest absolute Gasteiger partial charge is 0.220 e. The molecule has 0 bridgehead atoms.